The summed E-state index contributed by atoms with van der Waals surface area (Å²) in [7, 11) is 0. The first kappa shape index (κ1) is 24.7. The number of likely N-dealkylation sites (N-methyl/N-ethyl adjacent to an activating group) is 1. The van der Waals surface area contributed by atoms with Gasteiger partial charge < -0.3 is 10.1 Å². The molecule has 1 N–H and O–H groups in total. The lowest BCUT2D eigenvalue weighted by Gasteiger charge is -2.27. The molecule has 0 spiro atoms. The third-order valence-corrected chi connectivity index (χ3v) is 6.41. The van der Waals surface area contributed by atoms with E-state index in [-0.39, 0.29) is 28.2 Å². The SMILES string of the molecule is CCN1CCc2c(ncnc2Oc2ccc3c(cc(C)n3C(=O)Nc3cccc(C(F)(F)F)c3)c2F)C1. The number of aromatic nitrogens is 3. The summed E-state index contributed by atoms with van der Waals surface area (Å²) in [4.78, 5) is 23.8. The van der Waals surface area contributed by atoms with Crippen molar-refractivity contribution in [3.8, 4) is 11.6 Å². The van der Waals surface area contributed by atoms with E-state index in [9.17, 15) is 18.0 Å². The molecule has 3 heterocycles. The third-order valence-electron chi connectivity index (χ3n) is 6.41. The number of amides is 1. The summed E-state index contributed by atoms with van der Waals surface area (Å²) >= 11 is 0. The van der Waals surface area contributed by atoms with Gasteiger partial charge in [0.15, 0.2) is 11.6 Å². The minimum atomic E-state index is -4.55. The second kappa shape index (κ2) is 9.47. The van der Waals surface area contributed by atoms with E-state index in [1.807, 2.05) is 0 Å². The van der Waals surface area contributed by atoms with Gasteiger partial charge >= 0.3 is 12.2 Å². The van der Waals surface area contributed by atoms with Crippen LogP contribution in [0.2, 0.25) is 0 Å². The lowest BCUT2D eigenvalue weighted by atomic mass is 10.1. The number of carbonyl (C=O) groups excluding carboxylic acids is 1. The number of alkyl halides is 3. The molecule has 1 aliphatic heterocycles. The van der Waals surface area contributed by atoms with Gasteiger partial charge in [-0.1, -0.05) is 13.0 Å². The molecule has 0 fully saturated rings. The molecule has 0 atom stereocenters. The normalized spacial score (nSPS) is 14.0. The highest BCUT2D eigenvalue weighted by molar-refractivity contribution is 6.00. The van der Waals surface area contributed by atoms with Crippen LogP contribution in [0.4, 0.5) is 28.0 Å². The topological polar surface area (TPSA) is 72.3 Å². The van der Waals surface area contributed by atoms with E-state index < -0.39 is 23.6 Å². The standard InChI is InChI=1S/C26H23F4N5O2/c1-3-34-10-9-18-20(13-34)31-14-32-24(18)37-22-8-7-21-19(23(22)27)11-15(2)35(21)25(36)33-17-6-4-5-16(12-17)26(28,29)30/h4-8,11-12,14H,3,9-10,13H2,1-2H3,(H,33,36). The Morgan fingerprint density at radius 1 is 1.16 bits per heavy atom. The van der Waals surface area contributed by atoms with Gasteiger partial charge in [0.1, 0.15) is 6.33 Å². The Hall–Kier alpha value is -3.99. The first-order valence-corrected chi connectivity index (χ1v) is 11.7. The summed E-state index contributed by atoms with van der Waals surface area (Å²) in [5, 5.41) is 2.59. The highest BCUT2D eigenvalue weighted by Crippen LogP contribution is 2.35. The minimum absolute atomic E-state index is 0.0309. The lowest BCUT2D eigenvalue weighted by molar-refractivity contribution is -0.137. The Balaban J connectivity index is 1.44. The third kappa shape index (κ3) is 4.74. The van der Waals surface area contributed by atoms with Crippen LogP contribution in [0, 0.1) is 12.7 Å². The predicted molar refractivity (Wildman–Crippen MR) is 129 cm³/mol. The molecule has 0 saturated carbocycles. The zero-order valence-corrected chi connectivity index (χ0v) is 20.1. The van der Waals surface area contributed by atoms with Crippen LogP contribution in [0.1, 0.15) is 29.4 Å². The molecule has 4 aromatic rings. The molecule has 0 unspecified atom stereocenters. The molecule has 1 aliphatic rings. The number of carbonyl (C=O) groups is 1. The van der Waals surface area contributed by atoms with E-state index in [0.717, 1.165) is 36.5 Å². The van der Waals surface area contributed by atoms with Crippen molar-refractivity contribution in [3.05, 3.63) is 77.1 Å². The van der Waals surface area contributed by atoms with Gasteiger partial charge in [-0.3, -0.25) is 9.47 Å². The quantitative estimate of drug-likeness (QED) is 0.332. The first-order chi connectivity index (χ1) is 17.7. The van der Waals surface area contributed by atoms with Crippen LogP contribution in [0.15, 0.2) is 48.8 Å². The Morgan fingerprint density at radius 3 is 2.73 bits per heavy atom. The van der Waals surface area contributed by atoms with Gasteiger partial charge in [0, 0.05) is 35.4 Å². The number of aryl methyl sites for hydroxylation is 1. The van der Waals surface area contributed by atoms with Crippen LogP contribution >= 0.6 is 0 Å². The number of hydrogen-bond acceptors (Lipinski definition) is 5. The molecule has 0 bridgehead atoms. The van der Waals surface area contributed by atoms with Crippen LogP contribution in [0.5, 0.6) is 11.6 Å². The molecular formula is C26H23F4N5O2. The van der Waals surface area contributed by atoms with Crippen LogP contribution in [-0.2, 0) is 19.1 Å². The fraction of sp³-hybridized carbons (Fsp3) is 0.269. The van der Waals surface area contributed by atoms with Gasteiger partial charge in [-0.05, 0) is 56.3 Å². The summed E-state index contributed by atoms with van der Waals surface area (Å²) in [5.41, 5.74) is 1.40. The molecule has 0 aliphatic carbocycles. The molecule has 2 aromatic heterocycles. The number of ether oxygens (including phenoxy) is 1. The molecular weight excluding hydrogens is 490 g/mol. The van der Waals surface area contributed by atoms with Crippen molar-refractivity contribution in [1.82, 2.24) is 19.4 Å². The number of halogens is 4. The molecule has 37 heavy (non-hydrogen) atoms. The van der Waals surface area contributed by atoms with Gasteiger partial charge in [0.05, 0.1) is 16.8 Å². The van der Waals surface area contributed by atoms with E-state index in [4.69, 9.17) is 4.74 Å². The zero-order chi connectivity index (χ0) is 26.3. The second-order valence-corrected chi connectivity index (χ2v) is 8.77. The summed E-state index contributed by atoms with van der Waals surface area (Å²) in [6.07, 6.45) is -2.48. The van der Waals surface area contributed by atoms with Gasteiger partial charge in [-0.15, -0.1) is 0 Å². The van der Waals surface area contributed by atoms with E-state index >= 15 is 4.39 Å². The van der Waals surface area contributed by atoms with E-state index in [0.29, 0.717) is 18.7 Å². The predicted octanol–water partition coefficient (Wildman–Crippen LogP) is 6.15. The van der Waals surface area contributed by atoms with E-state index in [1.54, 1.807) is 6.92 Å². The number of hydrogen-bond donors (Lipinski definition) is 1. The van der Waals surface area contributed by atoms with Crippen molar-refractivity contribution in [1.29, 1.82) is 0 Å². The maximum atomic E-state index is 15.5. The maximum Gasteiger partial charge on any atom is 0.416 e. The number of fused-ring (bicyclic) bond motifs is 2. The number of anilines is 1. The monoisotopic (exact) mass is 513 g/mol. The molecule has 192 valence electrons. The molecule has 11 heteroatoms. The fourth-order valence-corrected chi connectivity index (χ4v) is 4.50. The van der Waals surface area contributed by atoms with Crippen LogP contribution in [0.25, 0.3) is 10.9 Å². The van der Waals surface area contributed by atoms with Crippen molar-refractivity contribution >= 4 is 22.6 Å². The molecule has 2 aromatic carbocycles. The highest BCUT2D eigenvalue weighted by atomic mass is 19.4. The molecule has 7 nitrogen and oxygen atoms in total. The van der Waals surface area contributed by atoms with Crippen molar-refractivity contribution in [2.24, 2.45) is 0 Å². The van der Waals surface area contributed by atoms with Crippen LogP contribution in [-0.4, -0.2) is 38.6 Å². The summed E-state index contributed by atoms with van der Waals surface area (Å²) in [6.45, 7) is 6.05. The zero-order valence-electron chi connectivity index (χ0n) is 20.1. The van der Waals surface area contributed by atoms with Crippen LogP contribution < -0.4 is 10.1 Å². The number of rotatable bonds is 4. The largest absolute Gasteiger partial charge is 0.436 e. The molecule has 0 radical (unpaired) electrons. The smallest absolute Gasteiger partial charge is 0.416 e. The minimum Gasteiger partial charge on any atom is -0.436 e. The average molecular weight is 513 g/mol. The average Bonchev–Trinajstić information content (AvgIpc) is 3.22. The summed E-state index contributed by atoms with van der Waals surface area (Å²) in [6, 6.07) is 8.00. The van der Waals surface area contributed by atoms with Crippen molar-refractivity contribution in [3.63, 3.8) is 0 Å². The Labute approximate surface area is 209 Å². The maximum absolute atomic E-state index is 15.5. The molecule has 5 rings (SSSR count). The lowest BCUT2D eigenvalue weighted by Crippen LogP contribution is -2.31. The molecule has 1 amide bonds. The second-order valence-electron chi connectivity index (χ2n) is 8.77. The Kier molecular flexibility index (Phi) is 6.32. The van der Waals surface area contributed by atoms with Gasteiger partial charge in [-0.25, -0.2) is 19.2 Å². The summed E-state index contributed by atoms with van der Waals surface area (Å²) < 4.78 is 61.7. The fourth-order valence-electron chi connectivity index (χ4n) is 4.50. The van der Waals surface area contributed by atoms with Gasteiger partial charge in [0.2, 0.25) is 5.88 Å². The molecule has 0 saturated heterocycles. The Morgan fingerprint density at radius 2 is 1.97 bits per heavy atom. The highest BCUT2D eigenvalue weighted by Gasteiger charge is 2.30. The van der Waals surface area contributed by atoms with Gasteiger partial charge in [0.25, 0.3) is 0 Å². The van der Waals surface area contributed by atoms with Crippen LogP contribution in [0.3, 0.4) is 0 Å². The number of nitrogens with one attached hydrogen (secondary N) is 1. The number of benzene rings is 2. The van der Waals surface area contributed by atoms with E-state index in [1.165, 1.54) is 41.2 Å². The van der Waals surface area contributed by atoms with Crippen molar-refractivity contribution in [2.45, 2.75) is 33.0 Å². The van der Waals surface area contributed by atoms with Crippen molar-refractivity contribution in [2.75, 3.05) is 18.4 Å². The van der Waals surface area contributed by atoms with E-state index in [2.05, 4.69) is 27.1 Å². The Bertz CT molecular complexity index is 1500. The van der Waals surface area contributed by atoms with Crippen molar-refractivity contribution < 1.29 is 27.1 Å². The number of nitrogens with zero attached hydrogens (tertiary/aromatic N) is 4. The summed E-state index contributed by atoms with van der Waals surface area (Å²) in [5.74, 6) is -0.441. The van der Waals surface area contributed by atoms with Gasteiger partial charge in [-0.2, -0.15) is 13.2 Å². The first-order valence-electron chi connectivity index (χ1n) is 11.7.